The van der Waals surface area contributed by atoms with E-state index in [4.69, 9.17) is 4.42 Å². The fourth-order valence-corrected chi connectivity index (χ4v) is 9.19. The summed E-state index contributed by atoms with van der Waals surface area (Å²) in [4.78, 5) is 5.55. The van der Waals surface area contributed by atoms with Crippen LogP contribution in [0.2, 0.25) is 0 Å². The molecule has 2 nitrogen and oxygen atoms in total. The number of nitrogens with zero attached hydrogens (tertiary/aromatic N) is 1. The number of para-hydroxylation sites is 1. The number of fused-ring (bicyclic) bond motifs is 8. The van der Waals surface area contributed by atoms with Gasteiger partial charge in [0, 0.05) is 46.8 Å². The third kappa shape index (κ3) is 1.92. The van der Waals surface area contributed by atoms with E-state index in [0.29, 0.717) is 0 Å². The average Bonchev–Trinajstić information content (AvgIpc) is 3.44. The van der Waals surface area contributed by atoms with E-state index >= 15 is 0 Å². The van der Waals surface area contributed by atoms with Gasteiger partial charge in [0.15, 0.2) is 5.58 Å². The van der Waals surface area contributed by atoms with Crippen molar-refractivity contribution >= 4 is 90.4 Å². The van der Waals surface area contributed by atoms with Crippen LogP contribution in [0.5, 0.6) is 0 Å². The van der Waals surface area contributed by atoms with Crippen molar-refractivity contribution in [1.29, 1.82) is 0 Å². The number of hydrogen-bond acceptors (Lipinski definition) is 3. The number of aromatic nitrogens is 1. The molecule has 0 unspecified atom stereocenters. The van der Waals surface area contributed by atoms with Gasteiger partial charge in [0.1, 0.15) is 5.58 Å². The summed E-state index contributed by atoms with van der Waals surface area (Å²) in [6.45, 7) is 0.288. The molecule has 0 atom stereocenters. The largest absolute Gasteiger partial charge is 0.454 e. The molecule has 3 aliphatic heterocycles. The van der Waals surface area contributed by atoms with Crippen LogP contribution in [0.1, 0.15) is 0 Å². The van der Waals surface area contributed by atoms with Gasteiger partial charge < -0.3 is 8.98 Å². The zero-order valence-electron chi connectivity index (χ0n) is 18.3. The molecule has 160 valence electrons. The summed E-state index contributed by atoms with van der Waals surface area (Å²) in [5.74, 6) is 0. The summed E-state index contributed by atoms with van der Waals surface area (Å²) in [7, 11) is 0. The van der Waals surface area contributed by atoms with Crippen LogP contribution in [0.3, 0.4) is 0 Å². The molecule has 0 radical (unpaired) electrons. The minimum atomic E-state index is 0.288. The Morgan fingerprint density at radius 1 is 0.543 bits per heavy atom. The van der Waals surface area contributed by atoms with E-state index in [-0.39, 0.29) is 6.71 Å². The van der Waals surface area contributed by atoms with Crippen molar-refractivity contribution in [3.8, 4) is 5.69 Å². The summed E-state index contributed by atoms with van der Waals surface area (Å²) >= 11 is 3.85. The normalized spacial score (nSPS) is 14.6. The molecule has 5 heteroatoms. The highest BCUT2D eigenvalue weighted by atomic mass is 32.2. The molecule has 5 heterocycles. The molecule has 0 saturated heterocycles. The molecule has 0 N–H and O–H groups in total. The van der Waals surface area contributed by atoms with Gasteiger partial charge in [0.25, 0.3) is 6.71 Å². The predicted molar refractivity (Wildman–Crippen MR) is 147 cm³/mol. The molecule has 3 aliphatic rings. The molecule has 0 bridgehead atoms. The van der Waals surface area contributed by atoms with E-state index in [0.717, 1.165) is 11.2 Å². The van der Waals surface area contributed by atoms with Crippen molar-refractivity contribution in [3.05, 3.63) is 84.9 Å². The highest BCUT2D eigenvalue weighted by molar-refractivity contribution is 8.01. The Kier molecular flexibility index (Phi) is 2.96. The van der Waals surface area contributed by atoms with E-state index in [1.165, 1.54) is 74.2 Å². The first kappa shape index (κ1) is 17.8. The standard InChI is InChI=1S/C30H14BNOS2/c1-2-7-20-15(5-1)18-12-11-17-16-13-14-24-27-28(16)32(29(17)30(18)33-20)19-6-3-8-21-25(19)31(27)26-22(34-21)9-4-10-23(26)35-24/h1-14H. The highest BCUT2D eigenvalue weighted by Crippen LogP contribution is 2.46. The van der Waals surface area contributed by atoms with Gasteiger partial charge in [-0.05, 0) is 58.9 Å². The van der Waals surface area contributed by atoms with E-state index < -0.39 is 0 Å². The third-order valence-electron chi connectivity index (χ3n) is 8.05. The first-order valence-corrected chi connectivity index (χ1v) is 13.5. The highest BCUT2D eigenvalue weighted by Gasteiger charge is 2.44. The number of benzene rings is 5. The molecule has 5 aromatic carbocycles. The SMILES string of the molecule is c1cc2c3c(c1)Sc1ccc4c5ccc6c7ccccc7oc6c5n5c4c1B3c1c(cccc1-5)S2. The Hall–Kier alpha value is -3.54. The summed E-state index contributed by atoms with van der Waals surface area (Å²) < 4.78 is 9.10. The van der Waals surface area contributed by atoms with E-state index in [2.05, 4.69) is 89.5 Å². The minimum absolute atomic E-state index is 0.288. The summed E-state index contributed by atoms with van der Waals surface area (Å²) in [6, 6.07) is 31.3. The van der Waals surface area contributed by atoms with Crippen LogP contribution in [0.15, 0.2) is 109 Å². The van der Waals surface area contributed by atoms with Gasteiger partial charge in [0.2, 0.25) is 0 Å². The minimum Gasteiger partial charge on any atom is -0.454 e. The fraction of sp³-hybridized carbons (Fsp3) is 0. The monoisotopic (exact) mass is 479 g/mol. The Morgan fingerprint density at radius 2 is 1.23 bits per heavy atom. The maximum atomic E-state index is 6.58. The molecule has 0 spiro atoms. The average molecular weight is 479 g/mol. The lowest BCUT2D eigenvalue weighted by molar-refractivity contribution is 0.671. The van der Waals surface area contributed by atoms with E-state index in [9.17, 15) is 0 Å². The molecular weight excluding hydrogens is 465 g/mol. The van der Waals surface area contributed by atoms with Crippen LogP contribution in [0, 0.1) is 0 Å². The smallest absolute Gasteiger partial charge is 0.252 e. The lowest BCUT2D eigenvalue weighted by Gasteiger charge is -2.37. The topological polar surface area (TPSA) is 18.1 Å². The molecule has 0 amide bonds. The van der Waals surface area contributed by atoms with Crippen LogP contribution < -0.4 is 16.4 Å². The van der Waals surface area contributed by atoms with Gasteiger partial charge >= 0.3 is 0 Å². The Balaban J connectivity index is 1.50. The van der Waals surface area contributed by atoms with Gasteiger partial charge in [-0.15, -0.1) is 0 Å². The Bertz CT molecular complexity index is 2120. The fourth-order valence-electron chi connectivity index (χ4n) is 6.75. The molecule has 0 fully saturated rings. The first-order valence-electron chi connectivity index (χ1n) is 11.9. The van der Waals surface area contributed by atoms with Crippen LogP contribution in [0.25, 0.3) is 49.4 Å². The molecule has 35 heavy (non-hydrogen) atoms. The second-order valence-corrected chi connectivity index (χ2v) is 11.8. The zero-order valence-corrected chi connectivity index (χ0v) is 20.0. The number of furan rings is 1. The van der Waals surface area contributed by atoms with Crippen molar-refractivity contribution in [2.24, 2.45) is 0 Å². The third-order valence-corrected chi connectivity index (χ3v) is 10.4. The second-order valence-electron chi connectivity index (χ2n) is 9.64. The van der Waals surface area contributed by atoms with Crippen LogP contribution in [-0.2, 0) is 0 Å². The Morgan fingerprint density at radius 3 is 2.11 bits per heavy atom. The van der Waals surface area contributed by atoms with Crippen LogP contribution in [-0.4, -0.2) is 11.3 Å². The van der Waals surface area contributed by atoms with Gasteiger partial charge in [-0.1, -0.05) is 66.0 Å². The zero-order chi connectivity index (χ0) is 22.4. The van der Waals surface area contributed by atoms with Crippen molar-refractivity contribution in [3.63, 3.8) is 0 Å². The quantitative estimate of drug-likeness (QED) is 0.233. The van der Waals surface area contributed by atoms with Gasteiger partial charge in [-0.3, -0.25) is 0 Å². The number of rotatable bonds is 0. The van der Waals surface area contributed by atoms with Gasteiger partial charge in [-0.25, -0.2) is 0 Å². The first-order chi connectivity index (χ1) is 17.4. The molecule has 10 rings (SSSR count). The molecular formula is C30H14BNOS2. The summed E-state index contributed by atoms with van der Waals surface area (Å²) in [6.07, 6.45) is 0. The molecule has 0 aliphatic carbocycles. The van der Waals surface area contributed by atoms with Crippen molar-refractivity contribution < 1.29 is 4.42 Å². The lowest BCUT2D eigenvalue weighted by atomic mass is 9.35. The van der Waals surface area contributed by atoms with Gasteiger partial charge in [-0.2, -0.15) is 0 Å². The maximum Gasteiger partial charge on any atom is 0.252 e. The molecule has 0 saturated carbocycles. The second kappa shape index (κ2) is 5.81. The predicted octanol–water partition coefficient (Wildman–Crippen LogP) is 6.44. The summed E-state index contributed by atoms with van der Waals surface area (Å²) in [5, 5.41) is 4.95. The van der Waals surface area contributed by atoms with Crippen molar-refractivity contribution in [1.82, 2.24) is 4.57 Å². The van der Waals surface area contributed by atoms with Crippen molar-refractivity contribution in [2.45, 2.75) is 19.6 Å². The van der Waals surface area contributed by atoms with Gasteiger partial charge in [0.05, 0.1) is 11.0 Å². The maximum absolute atomic E-state index is 6.58. The Labute approximate surface area is 209 Å². The van der Waals surface area contributed by atoms with Crippen LogP contribution in [0.4, 0.5) is 0 Å². The summed E-state index contributed by atoms with van der Waals surface area (Å²) in [5.41, 5.74) is 10.2. The lowest BCUT2D eigenvalue weighted by Crippen LogP contribution is -2.61. The molecule has 2 aromatic heterocycles. The van der Waals surface area contributed by atoms with E-state index in [1.807, 2.05) is 23.5 Å². The molecule has 7 aromatic rings. The van der Waals surface area contributed by atoms with E-state index in [1.54, 1.807) is 0 Å². The van der Waals surface area contributed by atoms with Crippen molar-refractivity contribution in [2.75, 3.05) is 0 Å². The van der Waals surface area contributed by atoms with Crippen LogP contribution >= 0.6 is 23.5 Å². The number of hydrogen-bond donors (Lipinski definition) is 0.